The molecule has 1 aliphatic rings. The lowest BCUT2D eigenvalue weighted by Crippen LogP contribution is -2.32. The Hall–Kier alpha value is -1.99. The van der Waals surface area contributed by atoms with Crippen molar-refractivity contribution in [3.63, 3.8) is 0 Å². The molecule has 0 aliphatic carbocycles. The molecule has 1 aromatic carbocycles. The van der Waals surface area contributed by atoms with Gasteiger partial charge in [-0.1, -0.05) is 17.7 Å². The number of nitrogens with one attached hydrogen (secondary N) is 1. The zero-order chi connectivity index (χ0) is 14.1. The van der Waals surface area contributed by atoms with Crippen LogP contribution in [0.3, 0.4) is 0 Å². The molecule has 2 aromatic rings. The van der Waals surface area contributed by atoms with E-state index >= 15 is 0 Å². The second-order valence-corrected chi connectivity index (χ2v) is 5.04. The van der Waals surface area contributed by atoms with Crippen LogP contribution in [0.4, 0.5) is 0 Å². The minimum Gasteiger partial charge on any atom is -0.480 e. The second-order valence-electron chi connectivity index (χ2n) is 4.60. The van der Waals surface area contributed by atoms with E-state index < -0.39 is 12.0 Å². The minimum absolute atomic E-state index is 0.177. The van der Waals surface area contributed by atoms with Gasteiger partial charge in [-0.2, -0.15) is 0 Å². The molecule has 20 heavy (non-hydrogen) atoms. The van der Waals surface area contributed by atoms with Crippen LogP contribution in [0, 0.1) is 0 Å². The van der Waals surface area contributed by atoms with Gasteiger partial charge in [0.1, 0.15) is 6.04 Å². The Morgan fingerprint density at radius 1 is 1.45 bits per heavy atom. The van der Waals surface area contributed by atoms with Crippen LogP contribution in [0.2, 0.25) is 5.02 Å². The van der Waals surface area contributed by atoms with Gasteiger partial charge in [0, 0.05) is 5.02 Å². The number of carbonyl (C=O) groups is 1. The van der Waals surface area contributed by atoms with Crippen LogP contribution in [0.1, 0.15) is 24.7 Å². The number of rotatable bonds is 3. The molecule has 0 unspecified atom stereocenters. The number of carboxylic acids is 1. The fraction of sp³-hybridized carbons (Fsp3) is 0.333. The molecule has 2 N–H and O–H groups in total. The van der Waals surface area contributed by atoms with E-state index in [9.17, 15) is 4.79 Å². The highest BCUT2D eigenvalue weighted by atomic mass is 35.5. The van der Waals surface area contributed by atoms with Crippen molar-refractivity contribution in [2.24, 2.45) is 0 Å². The van der Waals surface area contributed by atoms with E-state index in [1.807, 2.05) is 6.07 Å². The normalized spacial score (nSPS) is 22.1. The molecular formula is C12H12ClN5O2. The maximum absolute atomic E-state index is 10.9. The summed E-state index contributed by atoms with van der Waals surface area (Å²) in [6, 6.07) is 6.39. The van der Waals surface area contributed by atoms with E-state index in [2.05, 4.69) is 20.7 Å². The number of tetrazole rings is 1. The molecule has 8 heteroatoms. The first-order chi connectivity index (χ1) is 9.63. The highest BCUT2D eigenvalue weighted by molar-refractivity contribution is 6.30. The smallest absolute Gasteiger partial charge is 0.320 e. The van der Waals surface area contributed by atoms with Crippen molar-refractivity contribution in [1.29, 1.82) is 0 Å². The molecule has 2 atom stereocenters. The van der Waals surface area contributed by atoms with Crippen molar-refractivity contribution in [3.8, 4) is 5.69 Å². The van der Waals surface area contributed by atoms with E-state index in [4.69, 9.17) is 16.7 Å². The second kappa shape index (κ2) is 5.18. The Morgan fingerprint density at radius 2 is 2.30 bits per heavy atom. The summed E-state index contributed by atoms with van der Waals surface area (Å²) >= 11 is 5.92. The summed E-state index contributed by atoms with van der Waals surface area (Å²) in [5.74, 6) is -0.358. The molecule has 104 valence electrons. The van der Waals surface area contributed by atoms with E-state index in [0.717, 1.165) is 0 Å². The number of aromatic nitrogens is 4. The Kier molecular flexibility index (Phi) is 3.37. The quantitative estimate of drug-likeness (QED) is 0.883. The van der Waals surface area contributed by atoms with Crippen LogP contribution < -0.4 is 5.32 Å². The molecule has 0 spiro atoms. The van der Waals surface area contributed by atoms with E-state index in [1.54, 1.807) is 18.2 Å². The number of nitrogens with zero attached hydrogens (tertiary/aromatic N) is 4. The van der Waals surface area contributed by atoms with Gasteiger partial charge >= 0.3 is 5.97 Å². The van der Waals surface area contributed by atoms with Crippen LogP contribution >= 0.6 is 11.6 Å². The van der Waals surface area contributed by atoms with Crippen molar-refractivity contribution in [2.45, 2.75) is 24.9 Å². The van der Waals surface area contributed by atoms with Gasteiger partial charge in [0.2, 0.25) is 0 Å². The van der Waals surface area contributed by atoms with Crippen molar-refractivity contribution in [1.82, 2.24) is 25.5 Å². The SMILES string of the molecule is O=C(O)[C@@H]1CC[C@H](c2nnn(-c3cccc(Cl)c3)n2)N1. The molecule has 1 aliphatic heterocycles. The first-order valence-corrected chi connectivity index (χ1v) is 6.56. The summed E-state index contributed by atoms with van der Waals surface area (Å²) in [6.45, 7) is 0. The number of aliphatic carboxylic acids is 1. The molecule has 3 rings (SSSR count). The predicted octanol–water partition coefficient (Wildman–Crippen LogP) is 1.19. The standard InChI is InChI=1S/C12H12ClN5O2/c13-7-2-1-3-8(6-7)18-16-11(15-17-18)9-4-5-10(14-9)12(19)20/h1-3,6,9-10,14H,4-5H2,(H,19,20)/t9-,10+/m1/s1. The molecule has 0 amide bonds. The maximum Gasteiger partial charge on any atom is 0.320 e. The van der Waals surface area contributed by atoms with Crippen LogP contribution in [0.15, 0.2) is 24.3 Å². The van der Waals surface area contributed by atoms with Crippen molar-refractivity contribution >= 4 is 17.6 Å². The maximum atomic E-state index is 10.9. The topological polar surface area (TPSA) is 92.9 Å². The lowest BCUT2D eigenvalue weighted by molar-refractivity contribution is -0.139. The average Bonchev–Trinajstić information content (AvgIpc) is 3.08. The van der Waals surface area contributed by atoms with Gasteiger partial charge < -0.3 is 5.11 Å². The summed E-state index contributed by atoms with van der Waals surface area (Å²) in [6.07, 6.45) is 1.24. The first kappa shape index (κ1) is 13.0. The molecular weight excluding hydrogens is 282 g/mol. The summed E-state index contributed by atoms with van der Waals surface area (Å²) in [4.78, 5) is 12.3. The Bertz CT molecular complexity index is 644. The van der Waals surface area contributed by atoms with Crippen molar-refractivity contribution < 1.29 is 9.90 Å². The summed E-state index contributed by atoms with van der Waals surface area (Å²) in [5, 5.41) is 24.8. The number of hydrogen-bond acceptors (Lipinski definition) is 5. The van der Waals surface area contributed by atoms with Crippen LogP contribution in [-0.2, 0) is 4.79 Å². The lowest BCUT2D eigenvalue weighted by Gasteiger charge is -2.06. The van der Waals surface area contributed by atoms with Crippen LogP contribution in [-0.4, -0.2) is 37.3 Å². The van der Waals surface area contributed by atoms with Crippen LogP contribution in [0.25, 0.3) is 5.69 Å². The van der Waals surface area contributed by atoms with E-state index in [1.165, 1.54) is 4.80 Å². The fourth-order valence-corrected chi connectivity index (χ4v) is 2.40. The number of benzene rings is 1. The Balaban J connectivity index is 1.79. The number of carboxylic acid groups (broad SMARTS) is 1. The van der Waals surface area contributed by atoms with Gasteiger partial charge in [-0.05, 0) is 36.3 Å². The molecule has 1 aromatic heterocycles. The zero-order valence-electron chi connectivity index (χ0n) is 10.4. The number of hydrogen-bond donors (Lipinski definition) is 2. The zero-order valence-corrected chi connectivity index (χ0v) is 11.2. The molecule has 0 bridgehead atoms. The van der Waals surface area contributed by atoms with Gasteiger partial charge in [0.25, 0.3) is 0 Å². The van der Waals surface area contributed by atoms with Gasteiger partial charge in [-0.25, -0.2) is 0 Å². The molecule has 1 fully saturated rings. The molecule has 0 radical (unpaired) electrons. The average molecular weight is 294 g/mol. The van der Waals surface area contributed by atoms with Gasteiger partial charge in [-0.15, -0.1) is 15.0 Å². The molecule has 7 nitrogen and oxygen atoms in total. The lowest BCUT2D eigenvalue weighted by atomic mass is 10.2. The Morgan fingerprint density at radius 3 is 3.00 bits per heavy atom. The summed E-state index contributed by atoms with van der Waals surface area (Å²) in [5.41, 5.74) is 0.712. The monoisotopic (exact) mass is 293 g/mol. The van der Waals surface area contributed by atoms with Gasteiger partial charge in [0.15, 0.2) is 5.82 Å². The number of halogens is 1. The van der Waals surface area contributed by atoms with E-state index in [0.29, 0.717) is 29.4 Å². The fourth-order valence-electron chi connectivity index (χ4n) is 2.22. The third-order valence-electron chi connectivity index (χ3n) is 3.22. The predicted molar refractivity (Wildman–Crippen MR) is 70.7 cm³/mol. The Labute approximate surface area is 119 Å². The third-order valence-corrected chi connectivity index (χ3v) is 3.46. The van der Waals surface area contributed by atoms with Crippen molar-refractivity contribution in [2.75, 3.05) is 0 Å². The molecule has 2 heterocycles. The largest absolute Gasteiger partial charge is 0.480 e. The molecule has 0 saturated carbocycles. The third kappa shape index (κ3) is 2.50. The minimum atomic E-state index is -0.852. The van der Waals surface area contributed by atoms with Crippen LogP contribution in [0.5, 0.6) is 0 Å². The highest BCUT2D eigenvalue weighted by Crippen LogP contribution is 2.24. The first-order valence-electron chi connectivity index (χ1n) is 6.18. The van der Waals surface area contributed by atoms with Gasteiger partial charge in [-0.3, -0.25) is 10.1 Å². The molecule has 1 saturated heterocycles. The highest BCUT2D eigenvalue weighted by Gasteiger charge is 2.32. The van der Waals surface area contributed by atoms with Crippen molar-refractivity contribution in [3.05, 3.63) is 35.1 Å². The summed E-state index contributed by atoms with van der Waals surface area (Å²) < 4.78 is 0. The van der Waals surface area contributed by atoms with E-state index in [-0.39, 0.29) is 6.04 Å². The summed E-state index contributed by atoms with van der Waals surface area (Å²) in [7, 11) is 0. The van der Waals surface area contributed by atoms with Gasteiger partial charge in [0.05, 0.1) is 11.7 Å².